The lowest BCUT2D eigenvalue weighted by Gasteiger charge is -2.21. The van der Waals surface area contributed by atoms with Gasteiger partial charge in [0.15, 0.2) is 0 Å². The van der Waals surface area contributed by atoms with Crippen molar-refractivity contribution in [1.82, 2.24) is 4.90 Å². The van der Waals surface area contributed by atoms with Crippen LogP contribution in [-0.2, 0) is 4.74 Å². The second-order valence-electron chi connectivity index (χ2n) is 3.08. The minimum atomic E-state index is -1.63. The lowest BCUT2D eigenvalue weighted by atomic mass is 10.2. The van der Waals surface area contributed by atoms with Gasteiger partial charge in [0.2, 0.25) is 0 Å². The van der Waals surface area contributed by atoms with Crippen molar-refractivity contribution in [3.63, 3.8) is 0 Å². The molecule has 0 aliphatic rings. The maximum Gasteiger partial charge on any atom is 0.269 e. The van der Waals surface area contributed by atoms with Gasteiger partial charge in [-0.1, -0.05) is 0 Å². The highest BCUT2D eigenvalue weighted by Gasteiger charge is 2.06. The Bertz CT molecular complexity index is 236. The number of thiocarbonyl (C=S) groups is 1. The summed E-state index contributed by atoms with van der Waals surface area (Å²) in [4.78, 5) is 1.86. The average molecular weight is 237 g/mol. The summed E-state index contributed by atoms with van der Waals surface area (Å²) in [6.07, 6.45) is -1.42. The normalized spacial score (nSPS) is 9.67. The first-order chi connectivity index (χ1) is 7.02. The van der Waals surface area contributed by atoms with Gasteiger partial charge in [-0.3, -0.25) is 0 Å². The zero-order valence-corrected chi connectivity index (χ0v) is 10.2. The molecule has 0 aromatic rings. The predicted molar refractivity (Wildman–Crippen MR) is 61.0 cm³/mol. The van der Waals surface area contributed by atoms with Crippen molar-refractivity contribution >= 4 is 17.4 Å². The van der Waals surface area contributed by atoms with Crippen LogP contribution in [-0.4, -0.2) is 29.8 Å². The molecule has 5 heteroatoms. The Hall–Kier alpha value is -0.710. The van der Waals surface area contributed by atoms with Crippen LogP contribution < -0.4 is 0 Å². The van der Waals surface area contributed by atoms with Crippen LogP contribution >= 0.6 is 12.2 Å². The van der Waals surface area contributed by atoms with Crippen LogP contribution in [0.1, 0.15) is 27.2 Å². The molecule has 0 N–H and O–H groups in total. The topological polar surface area (TPSA) is 12.5 Å². The molecule has 0 bridgehead atoms. The molecule has 15 heavy (non-hydrogen) atoms. The minimum absolute atomic E-state index is 0.0531. The van der Waals surface area contributed by atoms with Crippen molar-refractivity contribution in [3.8, 4) is 0 Å². The Morgan fingerprint density at radius 1 is 1.27 bits per heavy atom. The summed E-state index contributed by atoms with van der Waals surface area (Å²) in [5, 5.41) is 0.382. The molecule has 0 atom stereocenters. The lowest BCUT2D eigenvalue weighted by molar-refractivity contribution is 0.249. The van der Waals surface area contributed by atoms with E-state index in [1.54, 1.807) is 0 Å². The molecule has 0 spiro atoms. The molecular weight excluding hydrogens is 220 g/mol. The Morgan fingerprint density at radius 2 is 1.80 bits per heavy atom. The molecule has 0 saturated heterocycles. The minimum Gasteiger partial charge on any atom is -0.471 e. The van der Waals surface area contributed by atoms with E-state index in [-0.39, 0.29) is 18.6 Å². The van der Waals surface area contributed by atoms with E-state index in [4.69, 9.17) is 17.0 Å². The Balaban J connectivity index is 3.87. The fourth-order valence-electron chi connectivity index (χ4n) is 0.959. The molecule has 0 rings (SSSR count). The highest BCUT2D eigenvalue weighted by atomic mass is 32.1. The zero-order chi connectivity index (χ0) is 11.8. The Kier molecular flexibility index (Phi) is 7.21. The molecule has 0 aromatic carbocycles. The molecule has 88 valence electrons. The molecule has 0 heterocycles. The molecule has 0 unspecified atom stereocenters. The van der Waals surface area contributed by atoms with Crippen LogP contribution in [0.15, 0.2) is 11.7 Å². The lowest BCUT2D eigenvalue weighted by Crippen LogP contribution is -2.31. The highest BCUT2D eigenvalue weighted by Crippen LogP contribution is 2.10. The summed E-state index contributed by atoms with van der Waals surface area (Å²) in [5.74, 6) is 0. The highest BCUT2D eigenvalue weighted by molar-refractivity contribution is 7.80. The van der Waals surface area contributed by atoms with Gasteiger partial charge in [0.05, 0.1) is 6.61 Å². The molecule has 0 radical (unpaired) electrons. The van der Waals surface area contributed by atoms with Gasteiger partial charge in [-0.25, -0.2) is 0 Å². The molecule has 0 aromatic heterocycles. The summed E-state index contributed by atoms with van der Waals surface area (Å²) >= 11 is 4.99. The third-order valence-electron chi connectivity index (χ3n) is 2.05. The van der Waals surface area contributed by atoms with E-state index >= 15 is 0 Å². The molecule has 0 saturated carbocycles. The van der Waals surface area contributed by atoms with Gasteiger partial charge in [0.1, 0.15) is 0 Å². The van der Waals surface area contributed by atoms with Gasteiger partial charge in [0.25, 0.3) is 11.3 Å². The second kappa shape index (κ2) is 7.56. The van der Waals surface area contributed by atoms with Crippen LogP contribution in [0.25, 0.3) is 0 Å². The maximum absolute atomic E-state index is 12.0. The van der Waals surface area contributed by atoms with Crippen molar-refractivity contribution in [2.45, 2.75) is 27.2 Å². The summed E-state index contributed by atoms with van der Waals surface area (Å²) in [5.41, 5.74) is 0.0531. The van der Waals surface area contributed by atoms with Gasteiger partial charge in [-0.2, -0.15) is 8.78 Å². The number of nitrogens with zero attached hydrogens (tertiary/aromatic N) is 1. The first-order valence-electron chi connectivity index (χ1n) is 4.95. The van der Waals surface area contributed by atoms with Gasteiger partial charge in [-0.05, 0) is 38.6 Å². The number of hydrogen-bond donors (Lipinski definition) is 0. The van der Waals surface area contributed by atoms with Crippen LogP contribution in [0.5, 0.6) is 0 Å². The molecule has 2 nitrogen and oxygen atoms in total. The summed E-state index contributed by atoms with van der Waals surface area (Å²) in [6, 6.07) is 0. The van der Waals surface area contributed by atoms with Gasteiger partial charge < -0.3 is 9.64 Å². The van der Waals surface area contributed by atoms with Gasteiger partial charge in [-0.15, -0.1) is 0 Å². The van der Waals surface area contributed by atoms with Crippen molar-refractivity contribution in [2.24, 2.45) is 0 Å². The van der Waals surface area contributed by atoms with Crippen LogP contribution in [0.3, 0.4) is 0 Å². The molecular formula is C10H17F2NOS. The van der Waals surface area contributed by atoms with Crippen LogP contribution in [0.2, 0.25) is 0 Å². The first-order valence-corrected chi connectivity index (χ1v) is 5.36. The molecule has 0 fully saturated rings. The largest absolute Gasteiger partial charge is 0.471 e. The standard InChI is InChI=1S/C10H17F2NOS/c1-4-13(5-2)10(15)14-7-6-8(3)9(11)12/h4-7H2,1-3H3. The molecule has 0 aliphatic carbocycles. The molecule has 0 amide bonds. The van der Waals surface area contributed by atoms with Crippen molar-refractivity contribution < 1.29 is 13.5 Å². The first kappa shape index (κ1) is 14.3. The van der Waals surface area contributed by atoms with Crippen molar-refractivity contribution in [3.05, 3.63) is 11.7 Å². The number of ether oxygens (including phenoxy) is 1. The zero-order valence-electron chi connectivity index (χ0n) is 9.35. The summed E-state index contributed by atoms with van der Waals surface area (Å²) in [6.45, 7) is 7.05. The maximum atomic E-state index is 12.0. The van der Waals surface area contributed by atoms with E-state index < -0.39 is 6.08 Å². The summed E-state index contributed by atoms with van der Waals surface area (Å²) < 4.78 is 29.2. The van der Waals surface area contributed by atoms with Crippen LogP contribution in [0.4, 0.5) is 8.78 Å². The third-order valence-corrected chi connectivity index (χ3v) is 2.42. The van der Waals surface area contributed by atoms with Crippen LogP contribution in [0, 0.1) is 0 Å². The number of rotatable bonds is 5. The van der Waals surface area contributed by atoms with Gasteiger partial charge >= 0.3 is 0 Å². The van der Waals surface area contributed by atoms with Gasteiger partial charge in [0, 0.05) is 19.5 Å². The third kappa shape index (κ3) is 5.67. The van der Waals surface area contributed by atoms with E-state index in [2.05, 4.69) is 0 Å². The van der Waals surface area contributed by atoms with E-state index in [0.717, 1.165) is 13.1 Å². The monoisotopic (exact) mass is 237 g/mol. The van der Waals surface area contributed by atoms with Crippen molar-refractivity contribution in [2.75, 3.05) is 19.7 Å². The Labute approximate surface area is 94.9 Å². The SMILES string of the molecule is CCN(CC)C(=S)OCCC(C)=C(F)F. The van der Waals surface area contributed by atoms with E-state index in [9.17, 15) is 8.78 Å². The average Bonchev–Trinajstić information content (AvgIpc) is 2.19. The fourth-order valence-corrected chi connectivity index (χ4v) is 1.30. The number of halogens is 2. The molecule has 0 aliphatic heterocycles. The van der Waals surface area contributed by atoms with E-state index in [0.29, 0.717) is 5.17 Å². The number of hydrogen-bond acceptors (Lipinski definition) is 2. The fraction of sp³-hybridized carbons (Fsp3) is 0.700. The Morgan fingerprint density at radius 3 is 2.20 bits per heavy atom. The smallest absolute Gasteiger partial charge is 0.269 e. The van der Waals surface area contributed by atoms with Crippen molar-refractivity contribution in [1.29, 1.82) is 0 Å². The van der Waals surface area contributed by atoms with E-state index in [1.807, 2.05) is 18.7 Å². The summed E-state index contributed by atoms with van der Waals surface area (Å²) in [7, 11) is 0. The second-order valence-corrected chi connectivity index (χ2v) is 3.43. The quantitative estimate of drug-likeness (QED) is 0.681. The van der Waals surface area contributed by atoms with E-state index in [1.165, 1.54) is 6.92 Å². The predicted octanol–water partition coefficient (Wildman–Crippen LogP) is 3.19.